The second-order valence-electron chi connectivity index (χ2n) is 8.21. The lowest BCUT2D eigenvalue weighted by Gasteiger charge is -2.36. The Morgan fingerprint density at radius 3 is 2.61 bits per heavy atom. The van der Waals surface area contributed by atoms with Crippen molar-refractivity contribution < 1.29 is 14.2 Å². The Kier molecular flexibility index (Phi) is 11.0. The first-order chi connectivity index (χ1) is 15.3. The second-order valence-corrected chi connectivity index (χ2v) is 8.21. The zero-order valence-electron chi connectivity index (χ0n) is 19.1. The topological polar surface area (TPSA) is 58.6 Å². The van der Waals surface area contributed by atoms with Gasteiger partial charge in [0.05, 0.1) is 0 Å². The van der Waals surface area contributed by atoms with Gasteiger partial charge in [-0.15, -0.1) is 0 Å². The first-order valence-electron chi connectivity index (χ1n) is 11.9. The maximum Gasteiger partial charge on any atom is 0.194 e. The molecule has 0 saturated carbocycles. The predicted octanol–water partition coefficient (Wildman–Crippen LogP) is 2.48. The molecule has 31 heavy (non-hydrogen) atoms. The van der Waals surface area contributed by atoms with Crippen molar-refractivity contribution in [1.29, 1.82) is 0 Å². The molecule has 0 bridgehead atoms. The molecule has 1 N–H and O–H groups in total. The van der Waals surface area contributed by atoms with E-state index in [0.29, 0.717) is 5.92 Å². The Morgan fingerprint density at radius 1 is 1.10 bits per heavy atom. The molecule has 2 saturated heterocycles. The van der Waals surface area contributed by atoms with Crippen molar-refractivity contribution in [2.45, 2.75) is 26.2 Å². The van der Waals surface area contributed by atoms with Crippen molar-refractivity contribution in [3.05, 3.63) is 30.3 Å². The van der Waals surface area contributed by atoms with Crippen LogP contribution in [0.4, 0.5) is 0 Å². The molecule has 0 amide bonds. The molecule has 2 aliphatic heterocycles. The highest BCUT2D eigenvalue weighted by molar-refractivity contribution is 5.80. The summed E-state index contributed by atoms with van der Waals surface area (Å²) in [6.45, 7) is 13.0. The molecular formula is C24H40N4O3. The van der Waals surface area contributed by atoms with Crippen LogP contribution < -0.4 is 10.1 Å². The van der Waals surface area contributed by atoms with Crippen LogP contribution >= 0.6 is 0 Å². The fraction of sp³-hybridized carbons (Fsp3) is 0.708. The molecule has 3 rings (SSSR count). The Balaban J connectivity index is 1.29. The van der Waals surface area contributed by atoms with Crippen LogP contribution in [0.25, 0.3) is 0 Å². The third kappa shape index (κ3) is 9.05. The number of para-hydroxylation sites is 1. The lowest BCUT2D eigenvalue weighted by molar-refractivity contribution is 0.0205. The van der Waals surface area contributed by atoms with Gasteiger partial charge in [-0.25, -0.2) is 0 Å². The molecule has 0 aliphatic carbocycles. The molecule has 0 spiro atoms. The lowest BCUT2D eigenvalue weighted by Crippen LogP contribution is -2.53. The molecule has 174 valence electrons. The van der Waals surface area contributed by atoms with Gasteiger partial charge in [0.15, 0.2) is 5.96 Å². The van der Waals surface area contributed by atoms with Crippen LogP contribution in [-0.4, -0.2) is 94.6 Å². The molecule has 7 nitrogen and oxygen atoms in total. The Morgan fingerprint density at radius 2 is 1.87 bits per heavy atom. The largest absolute Gasteiger partial charge is 0.492 e. The van der Waals surface area contributed by atoms with Gasteiger partial charge >= 0.3 is 0 Å². The standard InChI is InChI=1S/C24H40N4O3/c1-2-25-24(26-11-6-17-30-21-22-9-18-29-19-10-22)28-14-12-27(13-15-28)16-20-31-23-7-4-3-5-8-23/h3-5,7-8,22H,2,6,9-21H2,1H3,(H,25,26). The van der Waals surface area contributed by atoms with Gasteiger partial charge in [-0.3, -0.25) is 9.89 Å². The minimum atomic E-state index is 0.670. The van der Waals surface area contributed by atoms with Crippen molar-refractivity contribution in [2.24, 2.45) is 10.9 Å². The highest BCUT2D eigenvalue weighted by atomic mass is 16.5. The molecule has 1 aromatic rings. The minimum Gasteiger partial charge on any atom is -0.492 e. The van der Waals surface area contributed by atoms with E-state index in [1.54, 1.807) is 0 Å². The number of ether oxygens (including phenoxy) is 3. The number of guanidine groups is 1. The van der Waals surface area contributed by atoms with Gasteiger partial charge in [0.2, 0.25) is 0 Å². The Bertz CT molecular complexity index is 615. The van der Waals surface area contributed by atoms with E-state index < -0.39 is 0 Å². The molecule has 0 radical (unpaired) electrons. The Labute approximate surface area is 187 Å². The third-order valence-electron chi connectivity index (χ3n) is 5.83. The van der Waals surface area contributed by atoms with Gasteiger partial charge in [-0.1, -0.05) is 18.2 Å². The number of nitrogens with one attached hydrogen (secondary N) is 1. The average molecular weight is 433 g/mol. The summed E-state index contributed by atoms with van der Waals surface area (Å²) in [5, 5.41) is 3.45. The van der Waals surface area contributed by atoms with Gasteiger partial charge in [-0.2, -0.15) is 0 Å². The molecule has 0 unspecified atom stereocenters. The number of piperazine rings is 1. The summed E-state index contributed by atoms with van der Waals surface area (Å²) in [5.41, 5.74) is 0. The number of hydrogen-bond acceptors (Lipinski definition) is 5. The highest BCUT2D eigenvalue weighted by Crippen LogP contribution is 2.14. The smallest absolute Gasteiger partial charge is 0.194 e. The zero-order chi connectivity index (χ0) is 21.6. The Hall–Kier alpha value is -1.83. The van der Waals surface area contributed by atoms with E-state index in [-0.39, 0.29) is 0 Å². The van der Waals surface area contributed by atoms with Gasteiger partial charge < -0.3 is 24.4 Å². The van der Waals surface area contributed by atoms with E-state index in [1.165, 1.54) is 0 Å². The van der Waals surface area contributed by atoms with E-state index in [0.717, 1.165) is 110 Å². The van der Waals surface area contributed by atoms with E-state index >= 15 is 0 Å². The number of aliphatic imine (C=N–C) groups is 1. The van der Waals surface area contributed by atoms with Crippen LogP contribution in [-0.2, 0) is 9.47 Å². The third-order valence-corrected chi connectivity index (χ3v) is 5.83. The predicted molar refractivity (Wildman–Crippen MR) is 125 cm³/mol. The summed E-state index contributed by atoms with van der Waals surface area (Å²) >= 11 is 0. The second kappa shape index (κ2) is 14.3. The van der Waals surface area contributed by atoms with Crippen molar-refractivity contribution in [1.82, 2.24) is 15.1 Å². The number of nitrogens with zero attached hydrogens (tertiary/aromatic N) is 3. The average Bonchev–Trinajstić information content (AvgIpc) is 2.82. The summed E-state index contributed by atoms with van der Waals surface area (Å²) in [7, 11) is 0. The lowest BCUT2D eigenvalue weighted by atomic mass is 10.0. The van der Waals surface area contributed by atoms with Gasteiger partial charge in [0.25, 0.3) is 0 Å². The fourth-order valence-electron chi connectivity index (χ4n) is 3.93. The normalized spacial score (nSPS) is 18.9. The van der Waals surface area contributed by atoms with Crippen molar-refractivity contribution in [3.8, 4) is 5.75 Å². The first-order valence-corrected chi connectivity index (χ1v) is 11.9. The van der Waals surface area contributed by atoms with Crippen molar-refractivity contribution in [2.75, 3.05) is 78.8 Å². The van der Waals surface area contributed by atoms with Crippen molar-refractivity contribution in [3.63, 3.8) is 0 Å². The van der Waals surface area contributed by atoms with E-state index in [9.17, 15) is 0 Å². The monoisotopic (exact) mass is 432 g/mol. The van der Waals surface area contributed by atoms with Crippen LogP contribution in [0.5, 0.6) is 5.75 Å². The summed E-state index contributed by atoms with van der Waals surface area (Å²) in [6, 6.07) is 10.0. The van der Waals surface area contributed by atoms with Crippen LogP contribution in [0.3, 0.4) is 0 Å². The van der Waals surface area contributed by atoms with Crippen LogP contribution in [0.1, 0.15) is 26.2 Å². The molecular weight excluding hydrogens is 392 g/mol. The number of benzene rings is 1. The van der Waals surface area contributed by atoms with Crippen LogP contribution in [0.2, 0.25) is 0 Å². The zero-order valence-corrected chi connectivity index (χ0v) is 19.1. The summed E-state index contributed by atoms with van der Waals surface area (Å²) in [6.07, 6.45) is 3.23. The van der Waals surface area contributed by atoms with Gasteiger partial charge in [-0.05, 0) is 44.2 Å². The maximum absolute atomic E-state index is 5.87. The van der Waals surface area contributed by atoms with E-state index in [4.69, 9.17) is 19.2 Å². The number of rotatable bonds is 11. The summed E-state index contributed by atoms with van der Waals surface area (Å²) < 4.78 is 17.1. The molecule has 2 aliphatic rings. The van der Waals surface area contributed by atoms with Gasteiger partial charge in [0.1, 0.15) is 12.4 Å². The SMILES string of the molecule is CCNC(=NCCCOCC1CCOCC1)N1CCN(CCOc2ccccc2)CC1. The van der Waals surface area contributed by atoms with E-state index in [2.05, 4.69) is 22.0 Å². The molecule has 1 aromatic carbocycles. The molecule has 0 atom stereocenters. The summed E-state index contributed by atoms with van der Waals surface area (Å²) in [4.78, 5) is 9.68. The fourth-order valence-corrected chi connectivity index (χ4v) is 3.93. The molecule has 0 aromatic heterocycles. The first kappa shape index (κ1) is 23.8. The quantitative estimate of drug-likeness (QED) is 0.329. The van der Waals surface area contributed by atoms with E-state index in [1.807, 2.05) is 30.3 Å². The number of hydrogen-bond donors (Lipinski definition) is 1. The highest BCUT2D eigenvalue weighted by Gasteiger charge is 2.19. The van der Waals surface area contributed by atoms with Crippen LogP contribution in [0.15, 0.2) is 35.3 Å². The minimum absolute atomic E-state index is 0.670. The molecule has 2 heterocycles. The van der Waals surface area contributed by atoms with Crippen molar-refractivity contribution >= 4 is 5.96 Å². The molecule has 2 fully saturated rings. The molecule has 7 heteroatoms. The summed E-state index contributed by atoms with van der Waals surface area (Å²) in [5.74, 6) is 2.65. The maximum atomic E-state index is 5.87. The van der Waals surface area contributed by atoms with Gasteiger partial charge in [0, 0.05) is 72.2 Å². The van der Waals surface area contributed by atoms with Crippen LogP contribution in [0, 0.1) is 5.92 Å².